The van der Waals surface area contributed by atoms with Gasteiger partial charge in [-0.05, 0) is 6.42 Å². The topological polar surface area (TPSA) is 130 Å². The van der Waals surface area contributed by atoms with Crippen molar-refractivity contribution in [1.82, 2.24) is 0 Å². The van der Waals surface area contributed by atoms with Gasteiger partial charge in [0, 0.05) is 6.42 Å². The molecule has 0 spiro atoms. The minimum absolute atomic E-state index is 0.285. The number of carboxylic acid groups (broad SMARTS) is 1. The molecule has 0 bridgehead atoms. The fourth-order valence-corrected chi connectivity index (χ4v) is 2.38. The summed E-state index contributed by atoms with van der Waals surface area (Å²) in [6, 6.07) is 0. The van der Waals surface area contributed by atoms with Crippen molar-refractivity contribution in [2.45, 2.75) is 89.8 Å². The summed E-state index contributed by atoms with van der Waals surface area (Å²) in [4.78, 5) is 33.2. The van der Waals surface area contributed by atoms with E-state index in [1.54, 1.807) is 0 Å². The maximum atomic E-state index is 11.6. The number of carboxylic acids is 1. The summed E-state index contributed by atoms with van der Waals surface area (Å²) >= 11 is 0. The number of aliphatic hydroxyl groups is 2. The molecule has 0 aromatic carbocycles. The van der Waals surface area contributed by atoms with Crippen molar-refractivity contribution in [3.05, 3.63) is 0 Å². The quantitative estimate of drug-likeness (QED) is 0.254. The highest BCUT2D eigenvalue weighted by Gasteiger charge is 2.19. The van der Waals surface area contributed by atoms with E-state index in [4.69, 9.17) is 14.9 Å². The van der Waals surface area contributed by atoms with Gasteiger partial charge in [0.25, 0.3) is 0 Å². The molecule has 3 N–H and O–H groups in total. The monoisotopic (exact) mass is 390 g/mol. The van der Waals surface area contributed by atoms with Gasteiger partial charge in [-0.2, -0.15) is 0 Å². The number of aliphatic hydroxyl groups excluding tert-OH is 2. The zero-order valence-corrected chi connectivity index (χ0v) is 16.2. The standard InChI is InChI=1S/C19H34O8/c1-2-3-4-5-6-7-8-9-10-11-17(22)26-13-15(20)14-27-18(23)12-16(21)19(24)25/h15-16,20-21H,2-14H2,1H3,(H,24,25)/t15?,16-/m0/s1. The molecule has 0 aliphatic heterocycles. The molecule has 1 unspecified atom stereocenters. The van der Waals surface area contributed by atoms with Crippen molar-refractivity contribution in [2.75, 3.05) is 13.2 Å². The number of carbonyl (C=O) groups is 3. The van der Waals surface area contributed by atoms with Crippen LogP contribution >= 0.6 is 0 Å². The van der Waals surface area contributed by atoms with Crippen molar-refractivity contribution < 1.29 is 39.2 Å². The number of esters is 2. The van der Waals surface area contributed by atoms with Crippen molar-refractivity contribution in [2.24, 2.45) is 0 Å². The van der Waals surface area contributed by atoms with E-state index in [9.17, 15) is 19.5 Å². The van der Waals surface area contributed by atoms with Crippen LogP contribution in [0.5, 0.6) is 0 Å². The van der Waals surface area contributed by atoms with Crippen LogP contribution in [0, 0.1) is 0 Å². The molecule has 0 aromatic rings. The zero-order valence-electron chi connectivity index (χ0n) is 16.2. The van der Waals surface area contributed by atoms with Gasteiger partial charge in [0.2, 0.25) is 0 Å². The Hall–Kier alpha value is -1.67. The first-order chi connectivity index (χ1) is 12.9. The van der Waals surface area contributed by atoms with Crippen LogP contribution in [0.2, 0.25) is 0 Å². The fraction of sp³-hybridized carbons (Fsp3) is 0.842. The van der Waals surface area contributed by atoms with Crippen LogP contribution in [-0.2, 0) is 23.9 Å². The van der Waals surface area contributed by atoms with Gasteiger partial charge >= 0.3 is 17.9 Å². The maximum Gasteiger partial charge on any atom is 0.333 e. The molecule has 0 aromatic heterocycles. The summed E-state index contributed by atoms with van der Waals surface area (Å²) in [5.74, 6) is -2.90. The van der Waals surface area contributed by atoms with Gasteiger partial charge in [-0.25, -0.2) is 4.79 Å². The lowest BCUT2D eigenvalue weighted by atomic mass is 10.1. The Labute approximate surface area is 160 Å². The van der Waals surface area contributed by atoms with Crippen LogP contribution in [0.25, 0.3) is 0 Å². The molecule has 8 heteroatoms. The van der Waals surface area contributed by atoms with Gasteiger partial charge in [0.05, 0.1) is 6.42 Å². The first-order valence-electron chi connectivity index (χ1n) is 9.77. The second-order valence-electron chi connectivity index (χ2n) is 6.66. The van der Waals surface area contributed by atoms with Crippen LogP contribution in [0.1, 0.15) is 77.6 Å². The number of ether oxygens (including phenoxy) is 2. The van der Waals surface area contributed by atoms with Crippen LogP contribution in [-0.4, -0.2) is 58.6 Å². The molecule has 8 nitrogen and oxygen atoms in total. The lowest BCUT2D eigenvalue weighted by molar-refractivity contribution is -0.159. The average molecular weight is 390 g/mol. The lowest BCUT2D eigenvalue weighted by Crippen LogP contribution is -2.28. The van der Waals surface area contributed by atoms with Crippen molar-refractivity contribution >= 4 is 17.9 Å². The largest absolute Gasteiger partial charge is 0.479 e. The molecule has 0 saturated heterocycles. The number of carbonyl (C=O) groups excluding carboxylic acids is 2. The number of unbranched alkanes of at least 4 members (excludes halogenated alkanes) is 8. The Bertz CT molecular complexity index is 424. The third-order valence-corrected chi connectivity index (χ3v) is 4.00. The van der Waals surface area contributed by atoms with E-state index in [2.05, 4.69) is 11.7 Å². The van der Waals surface area contributed by atoms with Crippen LogP contribution < -0.4 is 0 Å². The number of hydrogen-bond acceptors (Lipinski definition) is 7. The Balaban J connectivity index is 3.58. The van der Waals surface area contributed by atoms with E-state index in [0.717, 1.165) is 19.3 Å². The zero-order chi connectivity index (χ0) is 20.5. The molecule has 0 fully saturated rings. The van der Waals surface area contributed by atoms with Crippen LogP contribution in [0.15, 0.2) is 0 Å². The molecule has 27 heavy (non-hydrogen) atoms. The molecule has 0 radical (unpaired) electrons. The van der Waals surface area contributed by atoms with E-state index >= 15 is 0 Å². The summed E-state index contributed by atoms with van der Waals surface area (Å²) in [5, 5.41) is 27.0. The van der Waals surface area contributed by atoms with Crippen LogP contribution in [0.4, 0.5) is 0 Å². The smallest absolute Gasteiger partial charge is 0.333 e. The molecule has 0 heterocycles. The first-order valence-corrected chi connectivity index (χ1v) is 9.77. The predicted octanol–water partition coefficient (Wildman–Crippen LogP) is 2.19. The molecule has 0 aliphatic rings. The molecular formula is C19H34O8. The summed E-state index contributed by atoms with van der Waals surface area (Å²) in [6.07, 6.45) is 6.86. The van der Waals surface area contributed by atoms with Gasteiger partial charge in [-0.3, -0.25) is 9.59 Å². The molecule has 2 atom stereocenters. The second kappa shape index (κ2) is 16.5. The van der Waals surface area contributed by atoms with E-state index in [1.807, 2.05) is 0 Å². The van der Waals surface area contributed by atoms with Gasteiger partial charge in [-0.15, -0.1) is 0 Å². The summed E-state index contributed by atoms with van der Waals surface area (Å²) in [7, 11) is 0. The molecule has 0 aliphatic carbocycles. The molecular weight excluding hydrogens is 356 g/mol. The average Bonchev–Trinajstić information content (AvgIpc) is 2.63. The Morgan fingerprint density at radius 2 is 1.26 bits per heavy atom. The highest BCUT2D eigenvalue weighted by molar-refractivity contribution is 5.80. The Morgan fingerprint density at radius 3 is 1.78 bits per heavy atom. The van der Waals surface area contributed by atoms with E-state index in [-0.39, 0.29) is 13.0 Å². The third kappa shape index (κ3) is 16.2. The normalized spacial score (nSPS) is 13.0. The van der Waals surface area contributed by atoms with Crippen LogP contribution in [0.3, 0.4) is 0 Å². The summed E-state index contributed by atoms with van der Waals surface area (Å²) in [6.45, 7) is 1.46. The van der Waals surface area contributed by atoms with Gasteiger partial charge in [0.1, 0.15) is 19.3 Å². The van der Waals surface area contributed by atoms with Gasteiger partial charge in [-0.1, -0.05) is 58.3 Å². The van der Waals surface area contributed by atoms with Crippen molar-refractivity contribution in [3.8, 4) is 0 Å². The van der Waals surface area contributed by atoms with Crippen molar-refractivity contribution in [3.63, 3.8) is 0 Å². The summed E-state index contributed by atoms with van der Waals surface area (Å²) < 4.78 is 9.52. The Kier molecular flexibility index (Phi) is 15.5. The summed E-state index contributed by atoms with van der Waals surface area (Å²) in [5.41, 5.74) is 0. The minimum atomic E-state index is -1.84. The van der Waals surface area contributed by atoms with Gasteiger partial charge in [0.15, 0.2) is 6.10 Å². The molecule has 0 saturated carbocycles. The first kappa shape index (κ1) is 25.3. The second-order valence-corrected chi connectivity index (χ2v) is 6.66. The van der Waals surface area contributed by atoms with Crippen molar-refractivity contribution in [1.29, 1.82) is 0 Å². The predicted molar refractivity (Wildman–Crippen MR) is 98.0 cm³/mol. The van der Waals surface area contributed by atoms with E-state index in [0.29, 0.717) is 0 Å². The SMILES string of the molecule is CCCCCCCCCCCC(=O)OCC(O)COC(=O)C[C@H](O)C(=O)O. The van der Waals surface area contributed by atoms with Gasteiger partial charge < -0.3 is 24.8 Å². The van der Waals surface area contributed by atoms with E-state index in [1.165, 1.54) is 38.5 Å². The molecule has 158 valence electrons. The van der Waals surface area contributed by atoms with E-state index < -0.39 is 43.1 Å². The Morgan fingerprint density at radius 1 is 0.778 bits per heavy atom. The minimum Gasteiger partial charge on any atom is -0.479 e. The number of rotatable bonds is 17. The molecule has 0 amide bonds. The maximum absolute atomic E-state index is 11.6. The highest BCUT2D eigenvalue weighted by Crippen LogP contribution is 2.10. The molecule has 0 rings (SSSR count). The third-order valence-electron chi connectivity index (χ3n) is 4.00. The fourth-order valence-electron chi connectivity index (χ4n) is 2.38. The lowest BCUT2D eigenvalue weighted by Gasteiger charge is -2.12. The number of aliphatic carboxylic acids is 1. The number of hydrogen-bond donors (Lipinski definition) is 3. The highest BCUT2D eigenvalue weighted by atomic mass is 16.6.